The van der Waals surface area contributed by atoms with Crippen LogP contribution in [-0.2, 0) is 0 Å². The number of para-hydroxylation sites is 1. The largest absolute Gasteiger partial charge is 0.286 e. The molecule has 3 nitrogen and oxygen atoms in total. The first-order valence-corrected chi connectivity index (χ1v) is 11.1. The van der Waals surface area contributed by atoms with E-state index in [1.54, 1.807) is 0 Å². The molecule has 0 spiro atoms. The van der Waals surface area contributed by atoms with Crippen molar-refractivity contribution < 1.29 is 5.32 Å². The van der Waals surface area contributed by atoms with Gasteiger partial charge in [0, 0.05) is 36.3 Å². The average Bonchev–Trinajstić information content (AvgIpc) is 3.42. The fourth-order valence-electron chi connectivity index (χ4n) is 5.34. The van der Waals surface area contributed by atoms with Gasteiger partial charge in [-0.25, -0.2) is 4.99 Å². The van der Waals surface area contributed by atoms with Crippen molar-refractivity contribution >= 4 is 75.9 Å². The molecule has 3 aromatic heterocycles. The Morgan fingerprint density at radius 1 is 0.833 bits per heavy atom. The highest BCUT2D eigenvalue weighted by molar-refractivity contribution is 7.25. The molecule has 0 saturated carbocycles. The van der Waals surface area contributed by atoms with Crippen molar-refractivity contribution in [1.29, 1.82) is 0 Å². The topological polar surface area (TPSA) is 33.4 Å². The number of allylic oxidation sites excluding steroid dienone is 2. The molecule has 0 amide bonds. The minimum absolute atomic E-state index is 0.253. The molecule has 0 radical (unpaired) electrons. The van der Waals surface area contributed by atoms with Gasteiger partial charge in [-0.1, -0.05) is 48.6 Å². The van der Waals surface area contributed by atoms with Crippen molar-refractivity contribution in [2.24, 2.45) is 4.99 Å². The van der Waals surface area contributed by atoms with Crippen LogP contribution in [0, 0.1) is 0 Å². The van der Waals surface area contributed by atoms with E-state index in [-0.39, 0.29) is 6.04 Å². The van der Waals surface area contributed by atoms with Gasteiger partial charge in [-0.05, 0) is 30.4 Å². The third-order valence-electron chi connectivity index (χ3n) is 6.64. The Balaban J connectivity index is 1.58. The van der Waals surface area contributed by atoms with Crippen LogP contribution in [0.3, 0.4) is 0 Å². The van der Waals surface area contributed by atoms with E-state index >= 15 is 0 Å². The van der Waals surface area contributed by atoms with Crippen molar-refractivity contribution in [3.05, 3.63) is 78.9 Å². The number of nitrogens with zero attached hydrogens (tertiary/aromatic N) is 2. The van der Waals surface area contributed by atoms with Crippen molar-refractivity contribution in [1.82, 2.24) is 4.40 Å². The van der Waals surface area contributed by atoms with Gasteiger partial charge in [0.05, 0.1) is 11.0 Å². The number of nitrogens with two attached hydrogens (primary N) is 1. The Hall–Kier alpha value is -3.47. The molecule has 1 aliphatic heterocycles. The molecule has 2 N–H and O–H groups in total. The van der Waals surface area contributed by atoms with Crippen molar-refractivity contribution in [2.45, 2.75) is 6.04 Å². The highest BCUT2D eigenvalue weighted by atomic mass is 32.1. The number of hydrogen-bond donors (Lipinski definition) is 1. The zero-order valence-corrected chi connectivity index (χ0v) is 16.8. The lowest BCUT2D eigenvalue weighted by Gasteiger charge is -2.18. The summed E-state index contributed by atoms with van der Waals surface area (Å²) in [5.74, 6) is 1.23. The van der Waals surface area contributed by atoms with Gasteiger partial charge < -0.3 is 0 Å². The van der Waals surface area contributed by atoms with E-state index in [1.807, 2.05) is 11.3 Å². The van der Waals surface area contributed by atoms with Crippen LogP contribution < -0.4 is 5.32 Å². The minimum atomic E-state index is 0.253. The molecule has 0 saturated heterocycles. The standard InChI is InChI=1S/C26H15N3S/c1-4-11-22-14(6-1)18-12-17-15-7-5-8-16-24-26(28-20-10-3-2-9-19(20)27-24)29(25(15)16)21(17)13-23(18)30-22/h1-13,20,28H/p+1. The highest BCUT2D eigenvalue weighted by Gasteiger charge is 2.32. The molecule has 4 heteroatoms. The van der Waals surface area contributed by atoms with Crippen molar-refractivity contribution in [3.63, 3.8) is 0 Å². The molecule has 1 atom stereocenters. The lowest BCUT2D eigenvalue weighted by Crippen LogP contribution is -2.87. The molecule has 1 unspecified atom stereocenters. The number of quaternary nitrogens is 1. The fourth-order valence-corrected chi connectivity index (χ4v) is 6.46. The second-order valence-corrected chi connectivity index (χ2v) is 9.29. The van der Waals surface area contributed by atoms with E-state index in [4.69, 9.17) is 4.99 Å². The summed E-state index contributed by atoms with van der Waals surface area (Å²) >= 11 is 1.88. The lowest BCUT2D eigenvalue weighted by molar-refractivity contribution is -0.586. The molecule has 0 fully saturated rings. The monoisotopic (exact) mass is 402 g/mol. The van der Waals surface area contributed by atoms with Gasteiger partial charge in [-0.3, -0.25) is 9.72 Å². The predicted octanol–water partition coefficient (Wildman–Crippen LogP) is 5.83. The smallest absolute Gasteiger partial charge is 0.237 e. The van der Waals surface area contributed by atoms with Crippen LogP contribution in [0.25, 0.3) is 47.4 Å². The molecule has 3 aromatic carbocycles. The summed E-state index contributed by atoms with van der Waals surface area (Å²) < 4.78 is 5.15. The Morgan fingerprint density at radius 3 is 2.73 bits per heavy atom. The Kier molecular flexibility index (Phi) is 2.65. The third-order valence-corrected chi connectivity index (χ3v) is 7.77. The summed E-state index contributed by atoms with van der Waals surface area (Å²) in [5.41, 5.74) is 4.83. The summed E-state index contributed by atoms with van der Waals surface area (Å²) in [6.45, 7) is 0. The van der Waals surface area contributed by atoms with E-state index in [2.05, 4.69) is 88.6 Å². The van der Waals surface area contributed by atoms with Gasteiger partial charge in [-0.15, -0.1) is 11.3 Å². The molecule has 140 valence electrons. The number of fused-ring (bicyclic) bond motifs is 10. The molecule has 8 rings (SSSR count). The summed E-state index contributed by atoms with van der Waals surface area (Å²) in [6, 6.07) is 20.4. The predicted molar refractivity (Wildman–Crippen MR) is 127 cm³/mol. The van der Waals surface area contributed by atoms with Gasteiger partial charge in [0.15, 0.2) is 11.7 Å². The van der Waals surface area contributed by atoms with E-state index < -0.39 is 0 Å². The van der Waals surface area contributed by atoms with Crippen molar-refractivity contribution in [2.75, 3.05) is 0 Å². The number of aromatic nitrogens is 1. The molecule has 0 bridgehead atoms. The van der Waals surface area contributed by atoms with Gasteiger partial charge in [0.2, 0.25) is 5.82 Å². The summed E-state index contributed by atoms with van der Waals surface area (Å²) in [5, 5.41) is 8.98. The second kappa shape index (κ2) is 5.17. The van der Waals surface area contributed by atoms with Crippen LogP contribution in [0.2, 0.25) is 0 Å². The molecule has 30 heavy (non-hydrogen) atoms. The molecule has 4 heterocycles. The maximum atomic E-state index is 5.09. The van der Waals surface area contributed by atoms with Crippen molar-refractivity contribution in [3.8, 4) is 0 Å². The van der Waals surface area contributed by atoms with Gasteiger partial charge >= 0.3 is 0 Å². The van der Waals surface area contributed by atoms with Crippen LogP contribution in [0.15, 0.2) is 83.9 Å². The van der Waals surface area contributed by atoms with E-state index in [0.29, 0.717) is 0 Å². The van der Waals surface area contributed by atoms with Gasteiger partial charge in [0.1, 0.15) is 5.71 Å². The van der Waals surface area contributed by atoms with Gasteiger partial charge in [-0.2, -0.15) is 0 Å². The first kappa shape index (κ1) is 15.4. The average molecular weight is 403 g/mol. The van der Waals surface area contributed by atoms with Gasteiger partial charge in [0.25, 0.3) is 0 Å². The minimum Gasteiger partial charge on any atom is -0.286 e. The first-order valence-electron chi connectivity index (χ1n) is 10.3. The quantitative estimate of drug-likeness (QED) is 0.332. The highest BCUT2D eigenvalue weighted by Crippen LogP contribution is 2.46. The summed E-state index contributed by atoms with van der Waals surface area (Å²) in [6.07, 6.45) is 8.58. The molecular weight excluding hydrogens is 386 g/mol. The number of benzene rings is 3. The zero-order chi connectivity index (χ0) is 19.4. The Labute approximate surface area is 175 Å². The SMILES string of the molecule is C1=CC2=Nc3c(n4c5cc6sc7ccccc7c6cc5c5cccc3c54)[NH2+]C2C=C1. The number of rotatable bonds is 0. The van der Waals surface area contributed by atoms with Crippen LogP contribution in [0.4, 0.5) is 11.5 Å². The zero-order valence-electron chi connectivity index (χ0n) is 16.0. The fraction of sp³-hybridized carbons (Fsp3) is 0.0385. The van der Waals surface area contributed by atoms with Crippen LogP contribution in [0.5, 0.6) is 0 Å². The van der Waals surface area contributed by atoms with Crippen LogP contribution in [0.1, 0.15) is 0 Å². The van der Waals surface area contributed by atoms with Crippen LogP contribution >= 0.6 is 11.3 Å². The molecular formula is C26H16N3S+. The van der Waals surface area contributed by atoms with Crippen LogP contribution in [-0.4, -0.2) is 16.2 Å². The maximum absolute atomic E-state index is 5.09. The lowest BCUT2D eigenvalue weighted by atomic mass is 10.0. The third kappa shape index (κ3) is 1.73. The summed E-state index contributed by atoms with van der Waals surface area (Å²) in [7, 11) is 0. The van der Waals surface area contributed by atoms with E-state index in [1.165, 1.54) is 53.2 Å². The maximum Gasteiger partial charge on any atom is 0.237 e. The number of aliphatic imine (C=N–C) groups is 1. The molecule has 2 aliphatic rings. The van der Waals surface area contributed by atoms with E-state index in [9.17, 15) is 0 Å². The number of hydrogen-bond acceptors (Lipinski definition) is 2. The number of thiophene rings is 1. The Morgan fingerprint density at radius 2 is 1.73 bits per heavy atom. The van der Waals surface area contributed by atoms with E-state index in [0.717, 1.165) is 11.4 Å². The molecule has 1 aliphatic carbocycles. The second-order valence-electron chi connectivity index (χ2n) is 8.21. The molecule has 6 aromatic rings. The normalized spacial score (nSPS) is 18.1. The first-order chi connectivity index (χ1) is 14.9. The Bertz CT molecular complexity index is 1780. The summed E-state index contributed by atoms with van der Waals surface area (Å²) in [4.78, 5) is 5.09.